The number of amides is 1. The second kappa shape index (κ2) is 9.47. The Morgan fingerprint density at radius 2 is 1.73 bits per heavy atom. The van der Waals surface area contributed by atoms with E-state index in [2.05, 4.69) is 32.0 Å². The summed E-state index contributed by atoms with van der Waals surface area (Å²) in [6.45, 7) is 15.2. The minimum Gasteiger partial charge on any atom is -0.485 e. The van der Waals surface area contributed by atoms with Crippen LogP contribution >= 0.6 is 0 Å². The van der Waals surface area contributed by atoms with E-state index in [1.807, 2.05) is 53.7 Å². The molecule has 2 rings (SSSR count). The molecule has 0 spiro atoms. The molecule has 0 radical (unpaired) electrons. The quantitative estimate of drug-likeness (QED) is 0.659. The number of ether oxygens (including phenoxy) is 2. The fourth-order valence-corrected chi connectivity index (χ4v) is 2.48. The number of nitrogens with one attached hydrogen (secondary N) is 1. The second-order valence-electron chi connectivity index (χ2n) is 8.23. The maximum atomic E-state index is 12.4. The topological polar surface area (TPSA) is 98.6 Å². The van der Waals surface area contributed by atoms with Crippen molar-refractivity contribution >= 4 is 24.4 Å². The van der Waals surface area contributed by atoms with Gasteiger partial charge in [-0.05, 0) is 54.3 Å². The van der Waals surface area contributed by atoms with Gasteiger partial charge in [0.1, 0.15) is 17.0 Å². The lowest BCUT2D eigenvalue weighted by Crippen LogP contribution is -2.43. The zero-order valence-electron chi connectivity index (χ0n) is 18.4. The molecule has 0 aliphatic carbocycles. The number of nitrogens with zero attached hydrogens (tertiary/aromatic N) is 4. The normalized spacial score (nSPS) is 11.9. The van der Waals surface area contributed by atoms with Crippen molar-refractivity contribution in [2.45, 2.75) is 52.7 Å². The molecule has 0 saturated carbocycles. The molecule has 8 nitrogen and oxygen atoms in total. The zero-order chi connectivity index (χ0) is 22.4. The molecule has 0 aliphatic rings. The molecule has 30 heavy (non-hydrogen) atoms. The van der Waals surface area contributed by atoms with Crippen LogP contribution in [0.4, 0.5) is 5.69 Å². The molecule has 1 amide bonds. The molecule has 160 valence electrons. The van der Waals surface area contributed by atoms with E-state index in [4.69, 9.17) is 9.47 Å². The van der Waals surface area contributed by atoms with E-state index in [0.717, 1.165) is 0 Å². The smallest absolute Gasteiger partial charge is 0.289 e. The fraction of sp³-hybridized carbons (Fsp3) is 0.409. The Morgan fingerprint density at radius 1 is 1.10 bits per heavy atom. The summed E-state index contributed by atoms with van der Waals surface area (Å²) in [5, 5.41) is 2.79. The summed E-state index contributed by atoms with van der Waals surface area (Å²) in [6, 6.07) is 1.76. The van der Waals surface area contributed by atoms with E-state index < -0.39 is 11.5 Å². The highest BCUT2D eigenvalue weighted by molar-refractivity contribution is 5.90. The van der Waals surface area contributed by atoms with Crippen LogP contribution in [0.3, 0.4) is 0 Å². The van der Waals surface area contributed by atoms with Crippen molar-refractivity contribution in [3.8, 4) is 11.5 Å². The monoisotopic (exact) mass is 411 g/mol. The first-order valence-corrected chi connectivity index (χ1v) is 9.61. The Bertz CT molecular complexity index is 915. The largest absolute Gasteiger partial charge is 0.485 e. The van der Waals surface area contributed by atoms with Gasteiger partial charge in [0, 0.05) is 6.07 Å². The molecule has 0 fully saturated rings. The van der Waals surface area contributed by atoms with Gasteiger partial charge in [0.2, 0.25) is 5.82 Å². The molecule has 8 heteroatoms. The number of hydrogen-bond acceptors (Lipinski definition) is 7. The van der Waals surface area contributed by atoms with Crippen LogP contribution in [0, 0.1) is 0 Å². The highest BCUT2D eigenvalue weighted by atomic mass is 16.5. The summed E-state index contributed by atoms with van der Waals surface area (Å²) in [5.74, 6) is 0.694. The predicted octanol–water partition coefficient (Wildman–Crippen LogP) is 4.00. The van der Waals surface area contributed by atoms with Crippen molar-refractivity contribution in [2.24, 2.45) is 4.99 Å². The number of pyridine rings is 1. The first kappa shape index (κ1) is 23.0. The zero-order valence-corrected chi connectivity index (χ0v) is 18.4. The highest BCUT2D eigenvalue weighted by Crippen LogP contribution is 2.26. The lowest BCUT2D eigenvalue weighted by Gasteiger charge is -2.26. The number of carbonyl (C=O) groups excluding carboxylic acids is 1. The lowest BCUT2D eigenvalue weighted by molar-refractivity contribution is 0.0815. The summed E-state index contributed by atoms with van der Waals surface area (Å²) >= 11 is 0. The van der Waals surface area contributed by atoms with Gasteiger partial charge in [0.25, 0.3) is 5.91 Å². The molecule has 0 bridgehead atoms. The van der Waals surface area contributed by atoms with Crippen LogP contribution < -0.4 is 14.8 Å². The maximum absolute atomic E-state index is 12.4. The summed E-state index contributed by atoms with van der Waals surface area (Å²) in [7, 11) is 0. The van der Waals surface area contributed by atoms with Crippen LogP contribution in [0.5, 0.6) is 11.5 Å². The van der Waals surface area contributed by atoms with Crippen LogP contribution in [0.25, 0.3) is 6.08 Å². The first-order chi connectivity index (χ1) is 14.0. The molecule has 2 aromatic rings. The molecule has 0 aromatic carbocycles. The molecule has 0 saturated heterocycles. The van der Waals surface area contributed by atoms with Crippen LogP contribution in [0.2, 0.25) is 0 Å². The van der Waals surface area contributed by atoms with Crippen molar-refractivity contribution < 1.29 is 14.3 Å². The summed E-state index contributed by atoms with van der Waals surface area (Å²) in [5.41, 5.74) is 0.265. The lowest BCUT2D eigenvalue weighted by atomic mass is 10.1. The summed E-state index contributed by atoms with van der Waals surface area (Å²) in [6.07, 6.45) is 8.30. The first-order valence-electron chi connectivity index (χ1n) is 9.61. The van der Waals surface area contributed by atoms with Crippen LogP contribution in [0.15, 0.2) is 35.7 Å². The van der Waals surface area contributed by atoms with Gasteiger partial charge >= 0.3 is 0 Å². The van der Waals surface area contributed by atoms with Gasteiger partial charge in [-0.25, -0.2) is 9.97 Å². The number of aliphatic imine (C=N–C) groups is 1. The van der Waals surface area contributed by atoms with Gasteiger partial charge in [-0.15, -0.1) is 0 Å². The van der Waals surface area contributed by atoms with Gasteiger partial charge < -0.3 is 14.8 Å². The Labute approximate surface area is 177 Å². The van der Waals surface area contributed by atoms with E-state index in [-0.39, 0.29) is 18.0 Å². The molecule has 0 aliphatic heterocycles. The third-order valence-corrected chi connectivity index (χ3v) is 3.69. The molecule has 0 atom stereocenters. The third kappa shape index (κ3) is 6.95. The summed E-state index contributed by atoms with van der Waals surface area (Å²) < 4.78 is 11.6. The van der Waals surface area contributed by atoms with Crippen LogP contribution in [0.1, 0.15) is 57.9 Å². The third-order valence-electron chi connectivity index (χ3n) is 3.69. The van der Waals surface area contributed by atoms with E-state index in [9.17, 15) is 4.79 Å². The fourth-order valence-electron chi connectivity index (χ4n) is 2.48. The van der Waals surface area contributed by atoms with Crippen LogP contribution in [-0.4, -0.2) is 45.3 Å². The molecule has 1 N–H and O–H groups in total. The average molecular weight is 412 g/mol. The predicted molar refractivity (Wildman–Crippen MR) is 118 cm³/mol. The second-order valence-corrected chi connectivity index (χ2v) is 8.23. The summed E-state index contributed by atoms with van der Waals surface area (Å²) in [4.78, 5) is 28.8. The van der Waals surface area contributed by atoms with Crippen molar-refractivity contribution in [1.82, 2.24) is 20.3 Å². The number of hydrogen-bond donors (Lipinski definition) is 1. The maximum Gasteiger partial charge on any atom is 0.289 e. The van der Waals surface area contributed by atoms with Crippen molar-refractivity contribution in [3.05, 3.63) is 42.3 Å². The standard InChI is InChI=1S/C22H29N5O3/c1-8-9-17-18(23-7)10-15(11-24-17)30-22(5,6)14-27-20(28)19-25-12-16(13-26-19)29-21(2,3)4/h8-13H,7,14H2,1-6H3,(H,27,28)/b9-8-. The Balaban J connectivity index is 1.99. The number of rotatable bonds is 8. The van der Waals surface area contributed by atoms with Crippen molar-refractivity contribution in [2.75, 3.05) is 6.54 Å². The number of aromatic nitrogens is 3. The number of allylic oxidation sites excluding steroid dienone is 1. The van der Waals surface area contributed by atoms with Gasteiger partial charge in [0.15, 0.2) is 5.75 Å². The van der Waals surface area contributed by atoms with Crippen molar-refractivity contribution in [3.63, 3.8) is 0 Å². The SMILES string of the molecule is C=Nc1cc(OC(C)(C)CNC(=O)c2ncc(OC(C)(C)C)cn2)cnc1/C=C\C. The average Bonchev–Trinajstić information content (AvgIpc) is 2.66. The Morgan fingerprint density at radius 3 is 2.30 bits per heavy atom. The van der Waals surface area contributed by atoms with E-state index in [1.165, 1.54) is 12.4 Å². The number of carbonyl (C=O) groups is 1. The Hall–Kier alpha value is -3.29. The minimum absolute atomic E-state index is 0.0579. The van der Waals surface area contributed by atoms with Crippen LogP contribution in [-0.2, 0) is 0 Å². The minimum atomic E-state index is -0.701. The molecule has 2 aromatic heterocycles. The molecule has 2 heterocycles. The van der Waals surface area contributed by atoms with E-state index in [1.54, 1.807) is 12.3 Å². The highest BCUT2D eigenvalue weighted by Gasteiger charge is 2.23. The molecular formula is C22H29N5O3. The van der Waals surface area contributed by atoms with Gasteiger partial charge in [-0.3, -0.25) is 14.8 Å². The van der Waals surface area contributed by atoms with Gasteiger partial charge in [-0.1, -0.05) is 6.08 Å². The van der Waals surface area contributed by atoms with Crippen molar-refractivity contribution in [1.29, 1.82) is 0 Å². The van der Waals surface area contributed by atoms with E-state index >= 15 is 0 Å². The van der Waals surface area contributed by atoms with E-state index in [0.29, 0.717) is 22.9 Å². The van der Waals surface area contributed by atoms with Gasteiger partial charge in [-0.2, -0.15) is 0 Å². The van der Waals surface area contributed by atoms with Gasteiger partial charge in [0.05, 0.1) is 36.5 Å². The molecule has 0 unspecified atom stereocenters. The molecular weight excluding hydrogens is 382 g/mol. The Kier molecular flexibility index (Phi) is 7.26.